The zero-order valence-corrected chi connectivity index (χ0v) is 15.0. The second-order valence-corrected chi connectivity index (χ2v) is 7.63. The number of hydrogen-bond acceptors (Lipinski definition) is 4. The third-order valence-corrected chi connectivity index (χ3v) is 5.73. The van der Waals surface area contributed by atoms with E-state index < -0.39 is 0 Å². The number of rotatable bonds is 3. The number of thiophene rings is 1. The second-order valence-electron chi connectivity index (χ2n) is 5.72. The van der Waals surface area contributed by atoms with Gasteiger partial charge in [0.1, 0.15) is 0 Å². The van der Waals surface area contributed by atoms with E-state index in [4.69, 9.17) is 4.98 Å². The summed E-state index contributed by atoms with van der Waals surface area (Å²) in [4.78, 5) is 13.2. The molecular formula is C18H16BrN3S. The van der Waals surface area contributed by atoms with Crippen molar-refractivity contribution in [3.63, 3.8) is 0 Å². The lowest BCUT2D eigenvalue weighted by molar-refractivity contribution is 0.245. The van der Waals surface area contributed by atoms with Crippen molar-refractivity contribution in [1.29, 1.82) is 0 Å². The van der Waals surface area contributed by atoms with Crippen molar-refractivity contribution in [2.75, 3.05) is 6.54 Å². The first-order valence-electron chi connectivity index (χ1n) is 7.63. The van der Waals surface area contributed by atoms with Crippen LogP contribution in [0.2, 0.25) is 0 Å². The van der Waals surface area contributed by atoms with E-state index in [0.29, 0.717) is 0 Å². The van der Waals surface area contributed by atoms with Crippen molar-refractivity contribution >= 4 is 27.3 Å². The van der Waals surface area contributed by atoms with Gasteiger partial charge < -0.3 is 0 Å². The number of aromatic nitrogens is 2. The maximum absolute atomic E-state index is 4.79. The highest BCUT2D eigenvalue weighted by atomic mass is 79.9. The number of fused-ring (bicyclic) bond motifs is 1. The predicted molar refractivity (Wildman–Crippen MR) is 97.3 cm³/mol. The van der Waals surface area contributed by atoms with Gasteiger partial charge in [0.05, 0.1) is 5.69 Å². The summed E-state index contributed by atoms with van der Waals surface area (Å²) in [6.45, 7) is 2.98. The van der Waals surface area contributed by atoms with E-state index in [-0.39, 0.29) is 0 Å². The van der Waals surface area contributed by atoms with E-state index in [1.54, 1.807) is 11.3 Å². The van der Waals surface area contributed by atoms with Gasteiger partial charge in [-0.25, -0.2) is 9.97 Å². The topological polar surface area (TPSA) is 29.0 Å². The molecule has 3 heterocycles. The molecule has 0 saturated carbocycles. The molecule has 3 aromatic rings. The van der Waals surface area contributed by atoms with Crippen LogP contribution in [0.4, 0.5) is 0 Å². The van der Waals surface area contributed by atoms with Crippen LogP contribution in [0.3, 0.4) is 0 Å². The summed E-state index contributed by atoms with van der Waals surface area (Å²) in [5, 5.41) is 2.14. The Bertz CT molecular complexity index is 816. The maximum Gasteiger partial charge on any atom is 0.159 e. The van der Waals surface area contributed by atoms with Gasteiger partial charge in [-0.15, -0.1) is 11.3 Å². The molecule has 0 radical (unpaired) electrons. The van der Waals surface area contributed by atoms with Crippen LogP contribution in [0.25, 0.3) is 11.4 Å². The van der Waals surface area contributed by atoms with Crippen LogP contribution in [-0.2, 0) is 19.5 Å². The fraction of sp³-hybridized carbons (Fsp3) is 0.222. The summed E-state index contributed by atoms with van der Waals surface area (Å²) in [5.41, 5.74) is 3.54. The zero-order chi connectivity index (χ0) is 15.6. The zero-order valence-electron chi connectivity index (χ0n) is 12.6. The number of hydrogen-bond donors (Lipinski definition) is 0. The Morgan fingerprint density at radius 1 is 1.22 bits per heavy atom. The van der Waals surface area contributed by atoms with Gasteiger partial charge in [-0.05, 0) is 22.0 Å². The van der Waals surface area contributed by atoms with Crippen LogP contribution in [0.15, 0.2) is 52.4 Å². The molecule has 0 fully saturated rings. The molecule has 0 N–H and O–H groups in total. The van der Waals surface area contributed by atoms with Crippen LogP contribution in [0, 0.1) is 0 Å². The quantitative estimate of drug-likeness (QED) is 0.663. The first kappa shape index (κ1) is 15.0. The first-order valence-corrected chi connectivity index (χ1v) is 9.31. The van der Waals surface area contributed by atoms with Gasteiger partial charge in [-0.3, -0.25) is 4.90 Å². The van der Waals surface area contributed by atoms with Gasteiger partial charge in [-0.1, -0.05) is 30.3 Å². The molecule has 1 aliphatic rings. The van der Waals surface area contributed by atoms with Crippen molar-refractivity contribution in [3.8, 4) is 11.4 Å². The van der Waals surface area contributed by atoms with Crippen LogP contribution in [-0.4, -0.2) is 21.4 Å². The van der Waals surface area contributed by atoms with E-state index in [1.807, 2.05) is 24.4 Å². The molecule has 1 aromatic carbocycles. The lowest BCUT2D eigenvalue weighted by Crippen LogP contribution is -2.30. The molecule has 1 aliphatic heterocycles. The molecule has 23 heavy (non-hydrogen) atoms. The molecule has 2 aromatic heterocycles. The Kier molecular flexibility index (Phi) is 4.25. The lowest BCUT2D eigenvalue weighted by atomic mass is 10.1. The third kappa shape index (κ3) is 3.37. The predicted octanol–water partition coefficient (Wildman–Crippen LogP) is 4.53. The van der Waals surface area contributed by atoms with Crippen molar-refractivity contribution in [3.05, 3.63) is 68.6 Å². The van der Waals surface area contributed by atoms with Crippen LogP contribution >= 0.6 is 27.3 Å². The standard InChI is InChI=1S/C18H16BrN3S/c19-15-8-16(23-12-15)11-22-7-6-17-14(10-22)9-20-18(21-17)13-4-2-1-3-5-13/h1-5,8-9,12H,6-7,10-11H2. The molecule has 0 atom stereocenters. The lowest BCUT2D eigenvalue weighted by Gasteiger charge is -2.27. The molecule has 0 aliphatic carbocycles. The molecule has 3 nitrogen and oxygen atoms in total. The highest BCUT2D eigenvalue weighted by Gasteiger charge is 2.19. The highest BCUT2D eigenvalue weighted by Crippen LogP contribution is 2.25. The molecule has 5 heteroatoms. The van der Waals surface area contributed by atoms with Crippen molar-refractivity contribution < 1.29 is 0 Å². The Hall–Kier alpha value is -1.56. The molecule has 4 rings (SSSR count). The van der Waals surface area contributed by atoms with Crippen LogP contribution < -0.4 is 0 Å². The third-order valence-electron chi connectivity index (χ3n) is 4.05. The number of nitrogens with zero attached hydrogens (tertiary/aromatic N) is 3. The fourth-order valence-corrected chi connectivity index (χ4v) is 4.39. The molecule has 0 saturated heterocycles. The minimum absolute atomic E-state index is 0.833. The number of benzene rings is 1. The van der Waals surface area contributed by atoms with Gasteiger partial charge >= 0.3 is 0 Å². The van der Waals surface area contributed by atoms with E-state index in [0.717, 1.165) is 37.4 Å². The molecular weight excluding hydrogens is 370 g/mol. The van der Waals surface area contributed by atoms with Crippen molar-refractivity contribution in [1.82, 2.24) is 14.9 Å². The molecule has 116 valence electrons. The monoisotopic (exact) mass is 385 g/mol. The Morgan fingerprint density at radius 3 is 2.87 bits per heavy atom. The Labute approximate surface area is 148 Å². The summed E-state index contributed by atoms with van der Waals surface area (Å²) in [6, 6.07) is 12.4. The summed E-state index contributed by atoms with van der Waals surface area (Å²) in [6.07, 6.45) is 2.99. The van der Waals surface area contributed by atoms with E-state index in [2.05, 4.69) is 49.4 Å². The van der Waals surface area contributed by atoms with E-state index in [9.17, 15) is 0 Å². The summed E-state index contributed by atoms with van der Waals surface area (Å²) in [5.74, 6) is 0.833. The number of halogens is 1. The fourth-order valence-electron chi connectivity index (χ4n) is 2.89. The van der Waals surface area contributed by atoms with Crippen LogP contribution in [0.5, 0.6) is 0 Å². The Balaban J connectivity index is 1.52. The van der Waals surface area contributed by atoms with Gasteiger partial charge in [0.25, 0.3) is 0 Å². The van der Waals surface area contributed by atoms with Gasteiger partial charge in [-0.2, -0.15) is 0 Å². The van der Waals surface area contributed by atoms with Crippen molar-refractivity contribution in [2.24, 2.45) is 0 Å². The van der Waals surface area contributed by atoms with Crippen LogP contribution in [0.1, 0.15) is 16.1 Å². The SMILES string of the molecule is Brc1csc(CN2CCc3nc(-c4ccccc4)ncc3C2)c1. The summed E-state index contributed by atoms with van der Waals surface area (Å²) < 4.78 is 1.17. The van der Waals surface area contributed by atoms with Gasteiger partial charge in [0.2, 0.25) is 0 Å². The molecule has 0 spiro atoms. The normalized spacial score (nSPS) is 14.7. The van der Waals surface area contributed by atoms with Crippen molar-refractivity contribution in [2.45, 2.75) is 19.5 Å². The highest BCUT2D eigenvalue weighted by molar-refractivity contribution is 9.10. The van der Waals surface area contributed by atoms with Gasteiger partial charge in [0.15, 0.2) is 5.82 Å². The maximum atomic E-state index is 4.79. The average Bonchev–Trinajstić information content (AvgIpc) is 3.00. The average molecular weight is 386 g/mol. The largest absolute Gasteiger partial charge is 0.293 e. The molecule has 0 bridgehead atoms. The minimum Gasteiger partial charge on any atom is -0.293 e. The summed E-state index contributed by atoms with van der Waals surface area (Å²) >= 11 is 5.33. The second kappa shape index (κ2) is 6.51. The first-order chi connectivity index (χ1) is 11.3. The van der Waals surface area contributed by atoms with E-state index in [1.165, 1.54) is 20.6 Å². The summed E-state index contributed by atoms with van der Waals surface area (Å²) in [7, 11) is 0. The minimum atomic E-state index is 0.833. The van der Waals surface area contributed by atoms with Gasteiger partial charge in [0, 0.05) is 58.1 Å². The Morgan fingerprint density at radius 2 is 2.09 bits per heavy atom. The molecule has 0 unspecified atom stereocenters. The smallest absolute Gasteiger partial charge is 0.159 e. The molecule has 0 amide bonds. The van der Waals surface area contributed by atoms with E-state index >= 15 is 0 Å².